The summed E-state index contributed by atoms with van der Waals surface area (Å²) in [7, 11) is 0. The van der Waals surface area contributed by atoms with Crippen LogP contribution in [0.5, 0.6) is 0 Å². The SMILES string of the molecule is CCCCCNCC(N)CCCCC. The number of unbranched alkanes of at least 4 members (excludes halogenated alkanes) is 4. The molecule has 2 heteroatoms. The zero-order valence-corrected chi connectivity index (χ0v) is 10.0. The second-order valence-electron chi connectivity index (χ2n) is 4.17. The highest BCUT2D eigenvalue weighted by Gasteiger charge is 2.00. The van der Waals surface area contributed by atoms with E-state index in [9.17, 15) is 0 Å². The van der Waals surface area contributed by atoms with Crippen molar-refractivity contribution in [2.75, 3.05) is 13.1 Å². The first-order valence-corrected chi connectivity index (χ1v) is 6.27. The van der Waals surface area contributed by atoms with E-state index in [1.807, 2.05) is 0 Å². The summed E-state index contributed by atoms with van der Waals surface area (Å²) in [4.78, 5) is 0. The molecule has 86 valence electrons. The number of nitrogens with one attached hydrogen (secondary N) is 1. The number of nitrogens with two attached hydrogens (primary N) is 1. The van der Waals surface area contributed by atoms with Crippen LogP contribution in [0.4, 0.5) is 0 Å². The van der Waals surface area contributed by atoms with Gasteiger partial charge >= 0.3 is 0 Å². The molecule has 0 rings (SSSR count). The summed E-state index contributed by atoms with van der Waals surface area (Å²) in [6, 6.07) is 0.364. The van der Waals surface area contributed by atoms with E-state index in [2.05, 4.69) is 19.2 Å². The van der Waals surface area contributed by atoms with E-state index in [1.165, 1.54) is 44.9 Å². The molecule has 1 unspecified atom stereocenters. The minimum Gasteiger partial charge on any atom is -0.327 e. The van der Waals surface area contributed by atoms with Gasteiger partial charge in [-0.25, -0.2) is 0 Å². The van der Waals surface area contributed by atoms with Gasteiger partial charge in [-0.15, -0.1) is 0 Å². The minimum atomic E-state index is 0.364. The van der Waals surface area contributed by atoms with E-state index in [0.717, 1.165) is 13.1 Å². The fourth-order valence-corrected chi connectivity index (χ4v) is 1.55. The molecule has 0 aromatic carbocycles. The molecule has 0 aliphatic carbocycles. The van der Waals surface area contributed by atoms with E-state index < -0.39 is 0 Å². The van der Waals surface area contributed by atoms with Crippen LogP contribution in [0.25, 0.3) is 0 Å². The van der Waals surface area contributed by atoms with Gasteiger partial charge < -0.3 is 11.1 Å². The van der Waals surface area contributed by atoms with E-state index in [0.29, 0.717) is 6.04 Å². The number of hydrogen-bond acceptors (Lipinski definition) is 2. The van der Waals surface area contributed by atoms with E-state index in [-0.39, 0.29) is 0 Å². The fraction of sp³-hybridized carbons (Fsp3) is 1.00. The first kappa shape index (κ1) is 13.9. The Morgan fingerprint density at radius 3 is 2.29 bits per heavy atom. The molecule has 0 spiro atoms. The Hall–Kier alpha value is -0.0800. The van der Waals surface area contributed by atoms with Crippen molar-refractivity contribution in [2.24, 2.45) is 5.73 Å². The van der Waals surface area contributed by atoms with Gasteiger partial charge in [0.15, 0.2) is 0 Å². The van der Waals surface area contributed by atoms with Gasteiger partial charge in [0.2, 0.25) is 0 Å². The van der Waals surface area contributed by atoms with Crippen LogP contribution in [-0.4, -0.2) is 19.1 Å². The van der Waals surface area contributed by atoms with Gasteiger partial charge in [0.1, 0.15) is 0 Å². The summed E-state index contributed by atoms with van der Waals surface area (Å²) in [6.07, 6.45) is 8.99. The van der Waals surface area contributed by atoms with Gasteiger partial charge in [0.05, 0.1) is 0 Å². The third-order valence-electron chi connectivity index (χ3n) is 2.54. The lowest BCUT2D eigenvalue weighted by Crippen LogP contribution is -2.34. The molecule has 0 bridgehead atoms. The zero-order valence-electron chi connectivity index (χ0n) is 10.0. The van der Waals surface area contributed by atoms with Gasteiger partial charge in [-0.1, -0.05) is 46.0 Å². The average Bonchev–Trinajstić information content (AvgIpc) is 2.18. The van der Waals surface area contributed by atoms with Crippen molar-refractivity contribution in [1.82, 2.24) is 5.32 Å². The highest BCUT2D eigenvalue weighted by Crippen LogP contribution is 2.00. The molecule has 3 N–H and O–H groups in total. The predicted octanol–water partition coefficient (Wildman–Crippen LogP) is 2.67. The lowest BCUT2D eigenvalue weighted by Gasteiger charge is -2.12. The van der Waals surface area contributed by atoms with Crippen LogP contribution in [0.15, 0.2) is 0 Å². The molecular formula is C12H28N2. The van der Waals surface area contributed by atoms with Gasteiger partial charge in [0.25, 0.3) is 0 Å². The van der Waals surface area contributed by atoms with Crippen LogP contribution in [0.1, 0.15) is 58.8 Å². The third kappa shape index (κ3) is 10.0. The van der Waals surface area contributed by atoms with Gasteiger partial charge in [-0.3, -0.25) is 0 Å². The summed E-state index contributed by atoms with van der Waals surface area (Å²) < 4.78 is 0. The van der Waals surface area contributed by atoms with Crippen molar-refractivity contribution in [1.29, 1.82) is 0 Å². The Labute approximate surface area is 89.6 Å². The second-order valence-corrected chi connectivity index (χ2v) is 4.17. The lowest BCUT2D eigenvalue weighted by molar-refractivity contribution is 0.507. The van der Waals surface area contributed by atoms with Crippen LogP contribution in [0.3, 0.4) is 0 Å². The van der Waals surface area contributed by atoms with E-state index in [1.54, 1.807) is 0 Å². The summed E-state index contributed by atoms with van der Waals surface area (Å²) in [5.41, 5.74) is 5.97. The Kier molecular flexibility index (Phi) is 10.9. The van der Waals surface area contributed by atoms with Crippen molar-refractivity contribution in [3.05, 3.63) is 0 Å². The van der Waals surface area contributed by atoms with Crippen molar-refractivity contribution in [3.8, 4) is 0 Å². The zero-order chi connectivity index (χ0) is 10.6. The van der Waals surface area contributed by atoms with Crippen LogP contribution >= 0.6 is 0 Å². The van der Waals surface area contributed by atoms with Crippen molar-refractivity contribution in [2.45, 2.75) is 64.8 Å². The molecule has 0 fully saturated rings. The first-order chi connectivity index (χ1) is 6.81. The van der Waals surface area contributed by atoms with Crippen molar-refractivity contribution >= 4 is 0 Å². The van der Waals surface area contributed by atoms with E-state index in [4.69, 9.17) is 5.73 Å². The first-order valence-electron chi connectivity index (χ1n) is 6.27. The molecule has 1 atom stereocenters. The molecular weight excluding hydrogens is 172 g/mol. The largest absolute Gasteiger partial charge is 0.327 e. The van der Waals surface area contributed by atoms with Crippen LogP contribution < -0.4 is 11.1 Å². The monoisotopic (exact) mass is 200 g/mol. The van der Waals surface area contributed by atoms with Crippen LogP contribution in [0.2, 0.25) is 0 Å². The van der Waals surface area contributed by atoms with Gasteiger partial charge in [-0.05, 0) is 19.4 Å². The highest BCUT2D eigenvalue weighted by atomic mass is 14.9. The normalized spacial score (nSPS) is 13.1. The molecule has 0 heterocycles. The summed E-state index contributed by atoms with van der Waals surface area (Å²) >= 11 is 0. The predicted molar refractivity (Wildman–Crippen MR) is 64.5 cm³/mol. The fourth-order valence-electron chi connectivity index (χ4n) is 1.55. The Bertz CT molecular complexity index is 104. The molecule has 0 aliphatic rings. The molecule has 0 amide bonds. The van der Waals surface area contributed by atoms with Gasteiger partial charge in [-0.2, -0.15) is 0 Å². The Morgan fingerprint density at radius 1 is 1.00 bits per heavy atom. The molecule has 2 nitrogen and oxygen atoms in total. The minimum absolute atomic E-state index is 0.364. The molecule has 0 saturated carbocycles. The molecule has 14 heavy (non-hydrogen) atoms. The summed E-state index contributed by atoms with van der Waals surface area (Å²) in [6.45, 7) is 6.59. The van der Waals surface area contributed by atoms with Crippen molar-refractivity contribution in [3.63, 3.8) is 0 Å². The Balaban J connectivity index is 3.06. The Morgan fingerprint density at radius 2 is 1.64 bits per heavy atom. The summed E-state index contributed by atoms with van der Waals surface area (Å²) in [5, 5.41) is 3.42. The number of hydrogen-bond donors (Lipinski definition) is 2. The van der Waals surface area contributed by atoms with E-state index >= 15 is 0 Å². The standard InChI is InChI=1S/C12H28N2/c1-3-5-7-9-12(13)11-14-10-8-6-4-2/h12,14H,3-11,13H2,1-2H3. The second kappa shape index (κ2) is 11.0. The maximum absolute atomic E-state index is 5.97. The quantitative estimate of drug-likeness (QED) is 0.532. The maximum atomic E-state index is 5.97. The average molecular weight is 200 g/mol. The lowest BCUT2D eigenvalue weighted by atomic mass is 10.1. The van der Waals surface area contributed by atoms with Crippen molar-refractivity contribution < 1.29 is 0 Å². The molecule has 0 aliphatic heterocycles. The molecule has 0 radical (unpaired) electrons. The maximum Gasteiger partial charge on any atom is 0.0165 e. The number of rotatable bonds is 10. The van der Waals surface area contributed by atoms with Crippen LogP contribution in [0, 0.1) is 0 Å². The highest BCUT2D eigenvalue weighted by molar-refractivity contribution is 4.64. The van der Waals surface area contributed by atoms with Crippen LogP contribution in [-0.2, 0) is 0 Å². The topological polar surface area (TPSA) is 38.0 Å². The molecule has 0 aromatic heterocycles. The van der Waals surface area contributed by atoms with Gasteiger partial charge in [0, 0.05) is 12.6 Å². The summed E-state index contributed by atoms with van der Waals surface area (Å²) in [5.74, 6) is 0. The molecule has 0 aromatic rings. The smallest absolute Gasteiger partial charge is 0.0165 e. The third-order valence-corrected chi connectivity index (χ3v) is 2.54. The molecule has 0 saturated heterocycles.